The topological polar surface area (TPSA) is 54.0 Å². The maximum absolute atomic E-state index is 11.1. The molecule has 0 unspecified atom stereocenters. The zero-order valence-corrected chi connectivity index (χ0v) is 16.9. The van der Waals surface area contributed by atoms with E-state index in [4.69, 9.17) is 18.0 Å². The van der Waals surface area contributed by atoms with Crippen molar-refractivity contribution in [1.82, 2.24) is 0 Å². The van der Waals surface area contributed by atoms with E-state index < -0.39 is 8.80 Å². The summed E-state index contributed by atoms with van der Waals surface area (Å²) in [6.45, 7) is 6.78. The van der Waals surface area contributed by atoms with Crippen molar-refractivity contribution in [2.45, 2.75) is 70.8 Å². The highest BCUT2D eigenvalue weighted by Gasteiger charge is 2.36. The van der Waals surface area contributed by atoms with Gasteiger partial charge < -0.3 is 18.0 Å². The molecule has 6 heteroatoms. The number of rotatable bonds is 16. The normalized spacial score (nSPS) is 11.5. The molecular formula is C18H35O5Si. The largest absolute Gasteiger partial charge is 0.500 e. The summed E-state index contributed by atoms with van der Waals surface area (Å²) in [6, 6.07) is 0.884. The van der Waals surface area contributed by atoms with Crippen LogP contribution in [0.15, 0.2) is 12.2 Å². The number of hydrogen-bond acceptors (Lipinski definition) is 5. The maximum Gasteiger partial charge on any atom is 0.500 e. The van der Waals surface area contributed by atoms with E-state index in [-0.39, 0.29) is 5.97 Å². The number of hydrogen-bond donors (Lipinski definition) is 0. The van der Waals surface area contributed by atoms with Gasteiger partial charge in [-0.25, -0.2) is 4.79 Å². The summed E-state index contributed by atoms with van der Waals surface area (Å²) in [7, 11) is 2.62. The number of carbonyl (C=O) groups is 1. The lowest BCUT2D eigenvalue weighted by Gasteiger charge is -2.24. The van der Waals surface area contributed by atoms with Crippen LogP contribution in [0.25, 0.3) is 0 Å². The molecule has 141 valence electrons. The third-order valence-corrected chi connectivity index (χ3v) is 6.86. The van der Waals surface area contributed by atoms with Crippen LogP contribution in [-0.4, -0.2) is 36.1 Å². The van der Waals surface area contributed by atoms with Crippen molar-refractivity contribution in [2.75, 3.05) is 21.3 Å². The van der Waals surface area contributed by atoms with E-state index in [9.17, 15) is 4.79 Å². The first-order valence-electron chi connectivity index (χ1n) is 8.85. The Morgan fingerprint density at radius 1 is 0.875 bits per heavy atom. The second kappa shape index (κ2) is 14.6. The predicted octanol–water partition coefficient (Wildman–Crippen LogP) is 4.66. The second-order valence-corrected chi connectivity index (χ2v) is 9.11. The molecule has 0 heterocycles. The molecule has 24 heavy (non-hydrogen) atoms. The van der Waals surface area contributed by atoms with E-state index in [2.05, 4.69) is 6.58 Å². The third-order valence-electron chi connectivity index (χ3n) is 4.03. The van der Waals surface area contributed by atoms with Crippen molar-refractivity contribution in [3.05, 3.63) is 18.8 Å². The number of carbonyl (C=O) groups excluding carboxylic acids is 1. The van der Waals surface area contributed by atoms with Crippen LogP contribution >= 0.6 is 0 Å². The SMILES string of the molecule is C=C(C)C(=O)O[CH]CCCCCCCCCC[Si](OC)(OC)OC. The molecule has 0 aromatic heterocycles. The minimum atomic E-state index is -2.37. The van der Waals surface area contributed by atoms with Crippen LogP contribution in [-0.2, 0) is 22.8 Å². The average Bonchev–Trinajstić information content (AvgIpc) is 2.59. The quantitative estimate of drug-likeness (QED) is 0.174. The van der Waals surface area contributed by atoms with Gasteiger partial charge in [0.15, 0.2) is 0 Å². The molecule has 0 aliphatic heterocycles. The molecule has 0 rings (SSSR count). The molecule has 0 aromatic carbocycles. The Bertz CT molecular complexity index is 334. The molecule has 1 radical (unpaired) electrons. The second-order valence-electron chi connectivity index (χ2n) is 6.01. The van der Waals surface area contributed by atoms with Crippen molar-refractivity contribution in [1.29, 1.82) is 0 Å². The van der Waals surface area contributed by atoms with Gasteiger partial charge in [0.1, 0.15) is 6.61 Å². The van der Waals surface area contributed by atoms with Gasteiger partial charge in [-0.3, -0.25) is 0 Å². The van der Waals surface area contributed by atoms with E-state index in [1.165, 1.54) is 38.5 Å². The fourth-order valence-corrected chi connectivity index (χ4v) is 4.22. The minimum Gasteiger partial charge on any atom is -0.455 e. The van der Waals surface area contributed by atoms with E-state index in [1.807, 2.05) is 0 Å². The first-order valence-corrected chi connectivity index (χ1v) is 10.8. The zero-order valence-electron chi connectivity index (χ0n) is 15.9. The fourth-order valence-electron chi connectivity index (χ4n) is 2.42. The van der Waals surface area contributed by atoms with Gasteiger partial charge in [0.05, 0.1) is 0 Å². The van der Waals surface area contributed by atoms with Crippen molar-refractivity contribution in [3.8, 4) is 0 Å². The Morgan fingerprint density at radius 3 is 1.79 bits per heavy atom. The van der Waals surface area contributed by atoms with Crippen LogP contribution in [0.4, 0.5) is 0 Å². The minimum absolute atomic E-state index is 0.336. The standard InChI is InChI=1S/C18H35O5Si/c1-17(2)18(19)23-15-13-11-9-7-6-8-10-12-14-16-24(20-3,21-4)22-5/h15H,1,6-14,16H2,2-5H3. The highest BCUT2D eigenvalue weighted by atomic mass is 28.4. The first kappa shape index (κ1) is 23.3. The number of ether oxygens (including phenoxy) is 1. The summed E-state index contributed by atoms with van der Waals surface area (Å²) in [5.74, 6) is -0.336. The van der Waals surface area contributed by atoms with Crippen LogP contribution in [0, 0.1) is 6.61 Å². The predicted molar refractivity (Wildman–Crippen MR) is 98.3 cm³/mol. The van der Waals surface area contributed by atoms with Crippen LogP contribution in [0.5, 0.6) is 0 Å². The molecule has 0 amide bonds. The van der Waals surface area contributed by atoms with Crippen LogP contribution < -0.4 is 0 Å². The van der Waals surface area contributed by atoms with Crippen molar-refractivity contribution in [3.63, 3.8) is 0 Å². The number of unbranched alkanes of at least 4 members (excludes halogenated alkanes) is 8. The molecule has 0 bridgehead atoms. The van der Waals surface area contributed by atoms with Crippen LogP contribution in [0.3, 0.4) is 0 Å². The van der Waals surface area contributed by atoms with Gasteiger partial charge in [0.2, 0.25) is 0 Å². The van der Waals surface area contributed by atoms with Crippen molar-refractivity contribution >= 4 is 14.8 Å². The molecule has 0 atom stereocenters. The molecule has 0 fully saturated rings. The smallest absolute Gasteiger partial charge is 0.455 e. The lowest BCUT2D eigenvalue weighted by molar-refractivity contribution is -0.135. The van der Waals surface area contributed by atoms with E-state index >= 15 is 0 Å². The summed E-state index contributed by atoms with van der Waals surface area (Å²) < 4.78 is 21.2. The Hall–Kier alpha value is -0.693. The molecule has 0 N–H and O–H groups in total. The highest BCUT2D eigenvalue weighted by molar-refractivity contribution is 6.60. The Labute approximate surface area is 149 Å². The molecule has 0 aliphatic rings. The lowest BCUT2D eigenvalue weighted by Crippen LogP contribution is -2.42. The van der Waals surface area contributed by atoms with Crippen molar-refractivity contribution in [2.24, 2.45) is 0 Å². The van der Waals surface area contributed by atoms with Crippen LogP contribution in [0.2, 0.25) is 6.04 Å². The third kappa shape index (κ3) is 11.0. The van der Waals surface area contributed by atoms with Gasteiger partial charge >= 0.3 is 14.8 Å². The van der Waals surface area contributed by atoms with Gasteiger partial charge in [-0.1, -0.05) is 45.1 Å². The summed E-state index contributed by atoms with van der Waals surface area (Å²) in [5.41, 5.74) is 0.438. The molecule has 0 aliphatic carbocycles. The summed E-state index contributed by atoms with van der Waals surface area (Å²) in [5, 5.41) is 0. The van der Waals surface area contributed by atoms with Gasteiger partial charge in [0.25, 0.3) is 0 Å². The lowest BCUT2D eigenvalue weighted by atomic mass is 10.1. The first-order chi connectivity index (χ1) is 11.5. The molecule has 0 saturated heterocycles. The Balaban J connectivity index is 3.37. The highest BCUT2D eigenvalue weighted by Crippen LogP contribution is 2.18. The molecule has 5 nitrogen and oxygen atoms in total. The fraction of sp³-hybridized carbons (Fsp3) is 0.778. The molecule has 0 aromatic rings. The van der Waals surface area contributed by atoms with Gasteiger partial charge in [0, 0.05) is 32.9 Å². The Kier molecular flexibility index (Phi) is 14.2. The van der Waals surface area contributed by atoms with E-state index in [0.717, 1.165) is 25.3 Å². The monoisotopic (exact) mass is 359 g/mol. The van der Waals surface area contributed by atoms with Gasteiger partial charge in [-0.05, 0) is 26.2 Å². The summed E-state index contributed by atoms with van der Waals surface area (Å²) >= 11 is 0. The molecule has 0 saturated carbocycles. The van der Waals surface area contributed by atoms with E-state index in [0.29, 0.717) is 5.57 Å². The van der Waals surface area contributed by atoms with Gasteiger partial charge in [-0.2, -0.15) is 0 Å². The molecule has 0 spiro atoms. The van der Waals surface area contributed by atoms with E-state index in [1.54, 1.807) is 34.9 Å². The molecular weight excluding hydrogens is 324 g/mol. The summed E-state index contributed by atoms with van der Waals surface area (Å²) in [4.78, 5) is 11.1. The van der Waals surface area contributed by atoms with Gasteiger partial charge in [-0.15, -0.1) is 0 Å². The zero-order chi connectivity index (χ0) is 18.3. The van der Waals surface area contributed by atoms with Crippen LogP contribution in [0.1, 0.15) is 64.7 Å². The average molecular weight is 360 g/mol. The Morgan fingerprint density at radius 2 is 1.33 bits per heavy atom. The number of esters is 1. The van der Waals surface area contributed by atoms with Crippen molar-refractivity contribution < 1.29 is 22.8 Å². The maximum atomic E-state index is 11.1. The summed E-state index contributed by atoms with van der Waals surface area (Å²) in [6.07, 6.45) is 10.3.